The van der Waals surface area contributed by atoms with Crippen molar-refractivity contribution < 1.29 is 9.53 Å². The number of hydrogen-bond donors (Lipinski definition) is 0. The molecule has 0 aromatic rings. The van der Waals surface area contributed by atoms with Crippen molar-refractivity contribution in [2.75, 3.05) is 0 Å². The first kappa shape index (κ1) is 29.3. The molecule has 0 N–H and O–H groups in total. The Hall–Kier alpha value is 0.338. The summed E-state index contributed by atoms with van der Waals surface area (Å²) in [5.74, 6) is -0.0451. The van der Waals surface area contributed by atoms with E-state index in [0.29, 0.717) is 3.91 Å². The molecule has 29 heavy (non-hydrogen) atoms. The second kappa shape index (κ2) is 8.70. The lowest BCUT2D eigenvalue weighted by Crippen LogP contribution is -2.75. The van der Waals surface area contributed by atoms with Crippen LogP contribution in [0, 0.1) is 5.41 Å². The Morgan fingerprint density at radius 1 is 0.724 bits per heavy atom. The third-order valence-corrected chi connectivity index (χ3v) is 44.2. The van der Waals surface area contributed by atoms with Crippen LogP contribution in [0.15, 0.2) is 0 Å². The number of esters is 1. The zero-order valence-corrected chi connectivity index (χ0v) is 26.9. The largest absolute Gasteiger partial charge is 0.459 e. The topological polar surface area (TPSA) is 26.3 Å². The molecule has 0 fully saturated rings. The summed E-state index contributed by atoms with van der Waals surface area (Å²) in [6.07, 6.45) is 1.80. The molecule has 6 heteroatoms. The van der Waals surface area contributed by atoms with Crippen LogP contribution in [0.2, 0.25) is 82.0 Å². The van der Waals surface area contributed by atoms with Gasteiger partial charge in [-0.1, -0.05) is 85.0 Å². The fourth-order valence-corrected chi connectivity index (χ4v) is 61.9. The van der Waals surface area contributed by atoms with Crippen LogP contribution in [-0.4, -0.2) is 43.9 Å². The van der Waals surface area contributed by atoms with Crippen LogP contribution in [0.5, 0.6) is 0 Å². The molecular weight excluding hydrogens is 421 g/mol. The van der Waals surface area contributed by atoms with E-state index >= 15 is 0 Å². The zero-order valence-electron chi connectivity index (χ0n) is 22.9. The normalized spacial score (nSPS) is 15.4. The zero-order chi connectivity index (χ0) is 23.9. The summed E-state index contributed by atoms with van der Waals surface area (Å²) < 4.78 is 6.69. The van der Waals surface area contributed by atoms with E-state index in [4.69, 9.17) is 4.74 Å². The summed E-state index contributed by atoms with van der Waals surface area (Å²) in [5, 5.41) is 0. The first-order valence-corrected chi connectivity index (χ1v) is 25.3. The third kappa shape index (κ3) is 5.98. The Kier molecular flexibility index (Phi) is 8.80. The molecule has 174 valence electrons. The van der Waals surface area contributed by atoms with Gasteiger partial charge in [-0.05, 0) is 44.4 Å². The Balaban J connectivity index is 6.04. The van der Waals surface area contributed by atoms with E-state index in [1.54, 1.807) is 0 Å². The highest BCUT2D eigenvalue weighted by Gasteiger charge is 2.66. The second-order valence-electron chi connectivity index (χ2n) is 14.3. The van der Waals surface area contributed by atoms with Crippen LogP contribution >= 0.6 is 0 Å². The lowest BCUT2D eigenvalue weighted by atomic mass is 9.90. The number of rotatable bonds is 10. The summed E-state index contributed by atoms with van der Waals surface area (Å²) >= 11 is 0. The fourth-order valence-electron chi connectivity index (χ4n) is 7.81. The molecule has 0 aliphatic carbocycles. The van der Waals surface area contributed by atoms with Gasteiger partial charge in [0.2, 0.25) is 0 Å². The van der Waals surface area contributed by atoms with E-state index in [-0.39, 0.29) is 5.97 Å². The molecule has 0 atom stereocenters. The summed E-state index contributed by atoms with van der Waals surface area (Å²) in [6.45, 7) is 39.5. The van der Waals surface area contributed by atoms with Crippen LogP contribution < -0.4 is 0 Å². The minimum Gasteiger partial charge on any atom is -0.459 e. The van der Waals surface area contributed by atoms with E-state index in [1.165, 1.54) is 6.04 Å². The monoisotopic (exact) mass is 474 g/mol. The van der Waals surface area contributed by atoms with Gasteiger partial charge in [-0.25, -0.2) is 0 Å². The number of hydrogen-bond acceptors (Lipinski definition) is 2. The molecule has 0 aromatic heterocycles. The lowest BCUT2D eigenvalue weighted by molar-refractivity contribution is -0.167. The molecule has 0 amide bonds. The molecule has 0 spiro atoms. The summed E-state index contributed by atoms with van der Waals surface area (Å²) in [7, 11) is -5.90. The van der Waals surface area contributed by atoms with E-state index in [1.807, 2.05) is 13.8 Å². The maximum atomic E-state index is 12.7. The molecule has 0 saturated heterocycles. The molecule has 0 saturated carbocycles. The standard InChI is InChI=1S/C23H54O2Si4/c1-17-21(2,3)20(24)25-22(4,5)18-19-29(15,16)23(26(6,7)8,27(9,10)11)28(12,13)14/h17-19H2,1-16H3. The first-order valence-electron chi connectivity index (χ1n) is 11.6. The average Bonchev–Trinajstić information content (AvgIpc) is 2.40. The van der Waals surface area contributed by atoms with E-state index in [0.717, 1.165) is 12.8 Å². The maximum absolute atomic E-state index is 12.7. The number of carbonyl (C=O) groups excluding carboxylic acids is 1. The van der Waals surface area contributed by atoms with Crippen molar-refractivity contribution in [1.29, 1.82) is 0 Å². The Labute approximate surface area is 188 Å². The number of carbonyl (C=O) groups is 1. The van der Waals surface area contributed by atoms with Crippen LogP contribution in [0.25, 0.3) is 0 Å². The van der Waals surface area contributed by atoms with Gasteiger partial charge in [0.25, 0.3) is 0 Å². The minimum absolute atomic E-state index is 0.0451. The molecule has 0 heterocycles. The second-order valence-corrected chi connectivity index (χ2v) is 38.0. The highest BCUT2D eigenvalue weighted by molar-refractivity contribution is 7.29. The van der Waals surface area contributed by atoms with E-state index in [9.17, 15) is 4.79 Å². The van der Waals surface area contributed by atoms with Crippen molar-refractivity contribution in [2.45, 2.75) is 135 Å². The van der Waals surface area contributed by atoms with Gasteiger partial charge >= 0.3 is 5.97 Å². The van der Waals surface area contributed by atoms with Gasteiger partial charge in [-0.3, -0.25) is 4.79 Å². The van der Waals surface area contributed by atoms with Gasteiger partial charge in [-0.2, -0.15) is 0 Å². The predicted molar refractivity (Wildman–Crippen MR) is 144 cm³/mol. The van der Waals surface area contributed by atoms with Gasteiger partial charge < -0.3 is 4.74 Å². The van der Waals surface area contributed by atoms with Crippen LogP contribution in [-0.2, 0) is 9.53 Å². The Morgan fingerprint density at radius 2 is 1.07 bits per heavy atom. The molecule has 0 aromatic carbocycles. The van der Waals surface area contributed by atoms with Crippen LogP contribution in [0.1, 0.15) is 47.5 Å². The summed E-state index contributed by atoms with van der Waals surface area (Å²) in [5.41, 5.74) is -0.791. The van der Waals surface area contributed by atoms with Crippen molar-refractivity contribution >= 4 is 38.3 Å². The van der Waals surface area contributed by atoms with Gasteiger partial charge in [-0.15, -0.1) is 0 Å². The van der Waals surface area contributed by atoms with Gasteiger partial charge in [0.1, 0.15) is 5.60 Å². The molecule has 0 bridgehead atoms. The predicted octanol–water partition coefficient (Wildman–Crippen LogP) is 8.22. The molecule has 0 radical (unpaired) electrons. The highest BCUT2D eigenvalue weighted by atomic mass is 28.5. The molecule has 0 aliphatic heterocycles. The lowest BCUT2D eigenvalue weighted by Gasteiger charge is -2.66. The summed E-state index contributed by atoms with van der Waals surface area (Å²) in [4.78, 5) is 12.7. The van der Waals surface area contributed by atoms with Crippen molar-refractivity contribution in [1.82, 2.24) is 0 Å². The molecule has 0 aliphatic rings. The molecule has 0 rings (SSSR count). The van der Waals surface area contributed by atoms with Crippen molar-refractivity contribution in [3.05, 3.63) is 0 Å². The molecule has 2 nitrogen and oxygen atoms in total. The number of ether oxygens (including phenoxy) is 1. The van der Waals surface area contributed by atoms with Gasteiger partial charge in [0, 0.05) is 32.3 Å². The SMILES string of the molecule is CCC(C)(C)C(=O)OC(C)(C)CC[Si](C)(C)C([Si](C)(C)C)([Si](C)(C)C)[Si](C)(C)C. The molecular formula is C23H54O2Si4. The molecule has 0 unspecified atom stereocenters. The van der Waals surface area contributed by atoms with E-state index in [2.05, 4.69) is 92.8 Å². The van der Waals surface area contributed by atoms with Gasteiger partial charge in [0.15, 0.2) is 0 Å². The van der Waals surface area contributed by atoms with E-state index < -0.39 is 43.3 Å². The Morgan fingerprint density at radius 3 is 1.34 bits per heavy atom. The van der Waals surface area contributed by atoms with Crippen molar-refractivity contribution in [3.63, 3.8) is 0 Å². The fraction of sp³-hybridized carbons (Fsp3) is 0.957. The Bertz CT molecular complexity index is 537. The minimum atomic E-state index is -1.61. The van der Waals surface area contributed by atoms with Crippen molar-refractivity contribution in [3.8, 4) is 0 Å². The quantitative estimate of drug-likeness (QED) is 0.235. The maximum Gasteiger partial charge on any atom is 0.312 e. The summed E-state index contributed by atoms with van der Waals surface area (Å²) in [6, 6.07) is 1.25. The average molecular weight is 475 g/mol. The highest BCUT2D eigenvalue weighted by Crippen LogP contribution is 2.61. The van der Waals surface area contributed by atoms with Crippen molar-refractivity contribution in [2.24, 2.45) is 5.41 Å². The third-order valence-electron chi connectivity index (χ3n) is 7.55. The first-order chi connectivity index (χ1) is 12.4. The van der Waals surface area contributed by atoms with Crippen LogP contribution in [0.4, 0.5) is 0 Å². The van der Waals surface area contributed by atoms with Crippen LogP contribution in [0.3, 0.4) is 0 Å². The van der Waals surface area contributed by atoms with Gasteiger partial charge in [0.05, 0.1) is 5.41 Å². The smallest absolute Gasteiger partial charge is 0.312 e.